The Balaban J connectivity index is 1.60. The van der Waals surface area contributed by atoms with Crippen LogP contribution < -0.4 is 0 Å². The fraction of sp³-hybridized carbons (Fsp3) is 0.907. The SMILES string of the molecule is CCCC1C=C(C)CC(C)CC(OC)C2OC(O)(CCN3CCCCC3COC(C(C)=CC3CCC(O)C(O)C3)C(C)CCC1)C(C)CC2OC. The lowest BCUT2D eigenvalue weighted by Crippen LogP contribution is -2.58. The van der Waals surface area contributed by atoms with Crippen molar-refractivity contribution < 1.29 is 34.3 Å². The molecular weight excluding hydrogens is 642 g/mol. The molecule has 3 heterocycles. The average molecular weight is 720 g/mol. The smallest absolute Gasteiger partial charge is 0.169 e. The van der Waals surface area contributed by atoms with Gasteiger partial charge in [-0.2, -0.15) is 0 Å². The van der Waals surface area contributed by atoms with Crippen molar-refractivity contribution in [3.05, 3.63) is 23.3 Å². The Morgan fingerprint density at radius 1 is 0.941 bits per heavy atom. The second-order valence-corrected chi connectivity index (χ2v) is 17.4. The molecule has 4 aliphatic rings. The highest BCUT2D eigenvalue weighted by Gasteiger charge is 2.49. The van der Waals surface area contributed by atoms with Crippen LogP contribution in [0.3, 0.4) is 0 Å². The molecule has 0 spiro atoms. The zero-order valence-corrected chi connectivity index (χ0v) is 33.7. The summed E-state index contributed by atoms with van der Waals surface area (Å²) in [5, 5.41) is 32.7. The van der Waals surface area contributed by atoms with Gasteiger partial charge < -0.3 is 34.3 Å². The largest absolute Gasteiger partial charge is 0.390 e. The normalized spacial score (nSPS) is 42.3. The molecule has 1 aliphatic carbocycles. The summed E-state index contributed by atoms with van der Waals surface area (Å²) in [5.74, 6) is 0.295. The van der Waals surface area contributed by atoms with Crippen molar-refractivity contribution in [1.29, 1.82) is 0 Å². The van der Waals surface area contributed by atoms with Crippen LogP contribution in [0.5, 0.6) is 0 Å². The molecule has 2 saturated heterocycles. The first-order valence-corrected chi connectivity index (χ1v) is 20.9. The molecule has 4 rings (SSSR count). The third-order valence-electron chi connectivity index (χ3n) is 13.0. The van der Waals surface area contributed by atoms with Gasteiger partial charge in [0.05, 0.1) is 37.1 Å². The Hall–Kier alpha value is -0.840. The van der Waals surface area contributed by atoms with Crippen LogP contribution in [-0.4, -0.2) is 103 Å². The maximum absolute atomic E-state index is 12.2. The number of aliphatic hydroxyl groups excluding tert-OH is 2. The number of hydrogen-bond acceptors (Lipinski definition) is 8. The van der Waals surface area contributed by atoms with Gasteiger partial charge in [-0.15, -0.1) is 0 Å². The van der Waals surface area contributed by atoms with E-state index in [1.165, 1.54) is 43.3 Å². The molecule has 0 aromatic heterocycles. The van der Waals surface area contributed by atoms with Crippen LogP contribution in [0.2, 0.25) is 0 Å². The van der Waals surface area contributed by atoms with E-state index in [-0.39, 0.29) is 36.3 Å². The van der Waals surface area contributed by atoms with Gasteiger partial charge in [-0.1, -0.05) is 64.7 Å². The minimum atomic E-state index is -1.25. The zero-order valence-electron chi connectivity index (χ0n) is 33.7. The van der Waals surface area contributed by atoms with Gasteiger partial charge in [-0.3, -0.25) is 4.90 Å². The molecule has 3 N–H and O–H groups in total. The highest BCUT2D eigenvalue weighted by molar-refractivity contribution is 5.10. The van der Waals surface area contributed by atoms with Crippen molar-refractivity contribution in [2.45, 2.75) is 186 Å². The number of piperidine rings is 1. The molecule has 8 heteroatoms. The Kier molecular flexibility index (Phi) is 17.4. The number of aliphatic hydroxyl groups is 3. The molecule has 2 bridgehead atoms. The summed E-state index contributed by atoms with van der Waals surface area (Å²) in [6.45, 7) is 16.0. The second kappa shape index (κ2) is 20.7. The van der Waals surface area contributed by atoms with Gasteiger partial charge in [-0.25, -0.2) is 0 Å². The van der Waals surface area contributed by atoms with Crippen molar-refractivity contribution in [2.24, 2.45) is 29.6 Å². The van der Waals surface area contributed by atoms with E-state index in [0.717, 1.165) is 58.0 Å². The first kappa shape index (κ1) is 42.9. The number of rotatable bonds is 6. The molecule has 1 saturated carbocycles. The fourth-order valence-corrected chi connectivity index (χ4v) is 9.93. The molecule has 8 nitrogen and oxygen atoms in total. The van der Waals surface area contributed by atoms with Crippen LogP contribution in [0.15, 0.2) is 23.3 Å². The van der Waals surface area contributed by atoms with E-state index in [1.54, 1.807) is 14.2 Å². The molecule has 13 atom stereocenters. The lowest BCUT2D eigenvalue weighted by molar-refractivity contribution is -0.324. The van der Waals surface area contributed by atoms with Crippen LogP contribution in [0.1, 0.15) is 138 Å². The Morgan fingerprint density at radius 2 is 1.69 bits per heavy atom. The molecule has 0 radical (unpaired) electrons. The summed E-state index contributed by atoms with van der Waals surface area (Å²) in [7, 11) is 3.53. The highest BCUT2D eigenvalue weighted by Crippen LogP contribution is 2.40. The first-order chi connectivity index (χ1) is 24.4. The van der Waals surface area contributed by atoms with Gasteiger partial charge in [0.15, 0.2) is 5.79 Å². The predicted molar refractivity (Wildman–Crippen MR) is 205 cm³/mol. The minimum absolute atomic E-state index is 0.0122. The van der Waals surface area contributed by atoms with E-state index < -0.39 is 18.0 Å². The maximum Gasteiger partial charge on any atom is 0.169 e. The Bertz CT molecular complexity index is 1080. The summed E-state index contributed by atoms with van der Waals surface area (Å²) < 4.78 is 25.9. The summed E-state index contributed by atoms with van der Waals surface area (Å²) >= 11 is 0. The molecular formula is C43H77NO7. The number of hydrogen-bond donors (Lipinski definition) is 3. The number of nitrogens with zero attached hydrogens (tertiary/aromatic N) is 1. The van der Waals surface area contributed by atoms with Gasteiger partial charge in [-0.05, 0) is 120 Å². The molecule has 296 valence electrons. The maximum atomic E-state index is 12.2. The quantitative estimate of drug-likeness (QED) is 0.239. The number of allylic oxidation sites excluding steroid dienone is 3. The predicted octanol–water partition coefficient (Wildman–Crippen LogP) is 7.83. The van der Waals surface area contributed by atoms with Gasteiger partial charge in [0.25, 0.3) is 0 Å². The fourth-order valence-electron chi connectivity index (χ4n) is 9.93. The molecule has 3 fully saturated rings. The van der Waals surface area contributed by atoms with Crippen LogP contribution in [0, 0.1) is 29.6 Å². The number of methoxy groups -OCH3 is 2. The molecule has 0 amide bonds. The van der Waals surface area contributed by atoms with Crippen LogP contribution in [0.25, 0.3) is 0 Å². The topological polar surface area (TPSA) is 101 Å². The van der Waals surface area contributed by atoms with Crippen LogP contribution >= 0.6 is 0 Å². The number of ether oxygens (including phenoxy) is 4. The third kappa shape index (κ3) is 12.3. The van der Waals surface area contributed by atoms with Gasteiger partial charge >= 0.3 is 0 Å². The monoisotopic (exact) mass is 720 g/mol. The van der Waals surface area contributed by atoms with Crippen molar-refractivity contribution in [3.8, 4) is 0 Å². The van der Waals surface area contributed by atoms with Crippen molar-refractivity contribution in [1.82, 2.24) is 4.90 Å². The van der Waals surface area contributed by atoms with E-state index in [9.17, 15) is 15.3 Å². The molecule has 3 aliphatic heterocycles. The standard InChI is InChI=1S/C43H77NO7/c1-9-13-34-15-12-14-31(4)41(32(5)25-35-17-18-37(45)38(46)27-35)50-28-36-16-10-11-20-44(36)21-19-43(47)33(6)26-40(49-8)42(51-43)39(48-7)24-30(3)22-29(2)23-34/h23,25,30-31,33-42,45-47H,9-22,24,26-28H2,1-8H3. The summed E-state index contributed by atoms with van der Waals surface area (Å²) in [4.78, 5) is 2.54. The Labute approximate surface area is 311 Å². The van der Waals surface area contributed by atoms with Crippen molar-refractivity contribution in [2.75, 3.05) is 33.9 Å². The third-order valence-corrected chi connectivity index (χ3v) is 13.0. The van der Waals surface area contributed by atoms with E-state index >= 15 is 0 Å². The Morgan fingerprint density at radius 3 is 2.39 bits per heavy atom. The van der Waals surface area contributed by atoms with Gasteiger partial charge in [0.1, 0.15) is 6.10 Å². The summed E-state index contributed by atoms with van der Waals surface area (Å²) in [6.07, 6.45) is 17.6. The lowest BCUT2D eigenvalue weighted by Gasteiger charge is -2.48. The molecule has 0 aromatic carbocycles. The molecule has 0 aromatic rings. The second-order valence-electron chi connectivity index (χ2n) is 17.4. The van der Waals surface area contributed by atoms with E-state index in [2.05, 4.69) is 58.6 Å². The number of fused-ring (bicyclic) bond motifs is 3. The van der Waals surface area contributed by atoms with Gasteiger partial charge in [0.2, 0.25) is 0 Å². The van der Waals surface area contributed by atoms with Crippen LogP contribution in [-0.2, 0) is 18.9 Å². The summed E-state index contributed by atoms with van der Waals surface area (Å²) in [6, 6.07) is 0.293. The summed E-state index contributed by atoms with van der Waals surface area (Å²) in [5.41, 5.74) is 2.71. The highest BCUT2D eigenvalue weighted by atomic mass is 16.7. The van der Waals surface area contributed by atoms with E-state index in [4.69, 9.17) is 18.9 Å². The molecule has 51 heavy (non-hydrogen) atoms. The van der Waals surface area contributed by atoms with E-state index in [0.29, 0.717) is 49.7 Å². The van der Waals surface area contributed by atoms with Gasteiger partial charge in [0, 0.05) is 39.1 Å². The zero-order chi connectivity index (χ0) is 37.1. The minimum Gasteiger partial charge on any atom is -0.390 e. The molecule has 13 unspecified atom stereocenters. The van der Waals surface area contributed by atoms with E-state index in [1.807, 2.05) is 0 Å². The van der Waals surface area contributed by atoms with Crippen molar-refractivity contribution in [3.63, 3.8) is 0 Å². The average Bonchev–Trinajstić information content (AvgIpc) is 3.09. The van der Waals surface area contributed by atoms with Crippen LogP contribution in [0.4, 0.5) is 0 Å². The van der Waals surface area contributed by atoms with Crippen molar-refractivity contribution >= 4 is 0 Å². The lowest BCUT2D eigenvalue weighted by atomic mass is 9.82. The first-order valence-electron chi connectivity index (χ1n) is 20.9.